The number of carbonyl (C=O) groups excluding carboxylic acids is 1. The molecule has 31 heavy (non-hydrogen) atoms. The minimum Gasteiger partial charge on any atom is -0.354 e. The molecule has 2 heterocycles. The summed E-state index contributed by atoms with van der Waals surface area (Å²) in [6.45, 7) is 12.2. The maximum absolute atomic E-state index is 13.0. The van der Waals surface area contributed by atoms with Crippen molar-refractivity contribution in [2.45, 2.75) is 76.2 Å². The molecule has 2 fully saturated rings. The first-order valence-electron chi connectivity index (χ1n) is 11.7. The number of likely N-dealkylation sites (tertiary alicyclic amines) is 1. The first-order chi connectivity index (χ1) is 14.6. The van der Waals surface area contributed by atoms with Gasteiger partial charge in [0.15, 0.2) is 0 Å². The fourth-order valence-electron chi connectivity index (χ4n) is 4.59. The van der Waals surface area contributed by atoms with Crippen LogP contribution in [0.5, 0.6) is 0 Å². The van der Waals surface area contributed by atoms with Crippen LogP contribution in [0.1, 0.15) is 71.3 Å². The predicted octanol–water partition coefficient (Wildman–Crippen LogP) is 3.59. The summed E-state index contributed by atoms with van der Waals surface area (Å²) in [5.74, 6) is 0.307. The van der Waals surface area contributed by atoms with Gasteiger partial charge in [-0.2, -0.15) is 4.31 Å². The van der Waals surface area contributed by atoms with Gasteiger partial charge in [-0.3, -0.25) is 9.69 Å². The van der Waals surface area contributed by atoms with Crippen LogP contribution in [0.3, 0.4) is 0 Å². The largest absolute Gasteiger partial charge is 0.354 e. The second-order valence-corrected chi connectivity index (χ2v) is 11.9. The number of rotatable bonds is 7. The van der Waals surface area contributed by atoms with Gasteiger partial charge in [-0.25, -0.2) is 8.42 Å². The molecule has 1 aromatic carbocycles. The van der Waals surface area contributed by atoms with Gasteiger partial charge in [-0.15, -0.1) is 0 Å². The van der Waals surface area contributed by atoms with Crippen molar-refractivity contribution in [2.75, 3.05) is 32.7 Å². The van der Waals surface area contributed by atoms with Crippen molar-refractivity contribution in [1.82, 2.24) is 14.5 Å². The summed E-state index contributed by atoms with van der Waals surface area (Å²) in [6.07, 6.45) is 4.88. The van der Waals surface area contributed by atoms with E-state index in [-0.39, 0.29) is 17.4 Å². The average molecular weight is 450 g/mol. The number of carbonyl (C=O) groups is 1. The number of nitrogens with one attached hydrogen (secondary N) is 1. The second kappa shape index (κ2) is 10.0. The Labute approximate surface area is 188 Å². The average Bonchev–Trinajstić information content (AvgIpc) is 2.78. The van der Waals surface area contributed by atoms with Crippen LogP contribution in [0.25, 0.3) is 0 Å². The number of hydrogen-bond donors (Lipinski definition) is 1. The van der Waals surface area contributed by atoms with Gasteiger partial charge >= 0.3 is 0 Å². The van der Waals surface area contributed by atoms with Crippen LogP contribution < -0.4 is 5.32 Å². The van der Waals surface area contributed by atoms with Crippen LogP contribution in [0.4, 0.5) is 0 Å². The number of benzene rings is 1. The molecule has 0 saturated carbocycles. The summed E-state index contributed by atoms with van der Waals surface area (Å²) in [6, 6.07) is 7.18. The van der Waals surface area contributed by atoms with Gasteiger partial charge in [0.2, 0.25) is 15.9 Å². The number of piperidine rings is 2. The molecule has 6 nitrogen and oxygen atoms in total. The van der Waals surface area contributed by atoms with E-state index in [1.54, 1.807) is 12.1 Å². The molecule has 1 N–H and O–H groups in total. The highest BCUT2D eigenvalue weighted by Gasteiger charge is 2.33. The zero-order valence-electron chi connectivity index (χ0n) is 19.6. The van der Waals surface area contributed by atoms with Crippen molar-refractivity contribution in [2.24, 2.45) is 5.92 Å². The molecular weight excluding hydrogens is 410 g/mol. The molecule has 0 unspecified atom stereocenters. The van der Waals surface area contributed by atoms with E-state index in [0.29, 0.717) is 43.3 Å². The minimum absolute atomic E-state index is 0.0533. The first-order valence-corrected chi connectivity index (χ1v) is 13.2. The Morgan fingerprint density at radius 3 is 2.16 bits per heavy atom. The predicted molar refractivity (Wildman–Crippen MR) is 125 cm³/mol. The van der Waals surface area contributed by atoms with E-state index < -0.39 is 10.0 Å². The highest BCUT2D eigenvalue weighted by molar-refractivity contribution is 7.89. The SMILES string of the molecule is CC(C)c1ccc(S(=O)(=O)N2CCC(C(=O)NCC(C)(C)N3CCCCC3)CC2)cc1. The highest BCUT2D eigenvalue weighted by atomic mass is 32.2. The van der Waals surface area contributed by atoms with Gasteiger partial charge in [0, 0.05) is 31.1 Å². The lowest BCUT2D eigenvalue weighted by Crippen LogP contribution is -2.54. The summed E-state index contributed by atoms with van der Waals surface area (Å²) < 4.78 is 27.5. The van der Waals surface area contributed by atoms with Crippen LogP contribution in [-0.2, 0) is 14.8 Å². The monoisotopic (exact) mass is 449 g/mol. The molecule has 1 amide bonds. The van der Waals surface area contributed by atoms with E-state index in [1.165, 1.54) is 23.6 Å². The molecule has 2 aliphatic rings. The van der Waals surface area contributed by atoms with Crippen LogP contribution in [0, 0.1) is 5.92 Å². The second-order valence-electron chi connectivity index (χ2n) is 9.98. The third kappa shape index (κ3) is 5.88. The van der Waals surface area contributed by atoms with E-state index in [9.17, 15) is 13.2 Å². The third-order valence-electron chi connectivity index (χ3n) is 6.92. The van der Waals surface area contributed by atoms with E-state index >= 15 is 0 Å². The van der Waals surface area contributed by atoms with Gasteiger partial charge in [-0.05, 0) is 76.2 Å². The topological polar surface area (TPSA) is 69.7 Å². The molecule has 0 aliphatic carbocycles. The minimum atomic E-state index is -3.51. The molecule has 0 spiro atoms. The molecule has 0 radical (unpaired) electrons. The smallest absolute Gasteiger partial charge is 0.243 e. The van der Waals surface area contributed by atoms with Gasteiger partial charge in [0.05, 0.1) is 4.90 Å². The van der Waals surface area contributed by atoms with Gasteiger partial charge in [0.25, 0.3) is 0 Å². The van der Waals surface area contributed by atoms with E-state index in [4.69, 9.17) is 0 Å². The Bertz CT molecular complexity index is 835. The summed E-state index contributed by atoms with van der Waals surface area (Å²) in [5.41, 5.74) is 1.07. The Morgan fingerprint density at radius 1 is 1.03 bits per heavy atom. The molecular formula is C24H39N3O3S. The maximum atomic E-state index is 13.0. The zero-order chi connectivity index (χ0) is 22.6. The highest BCUT2D eigenvalue weighted by Crippen LogP contribution is 2.26. The number of nitrogens with zero attached hydrogens (tertiary/aromatic N) is 2. The molecule has 174 valence electrons. The molecule has 0 atom stereocenters. The Morgan fingerprint density at radius 2 is 1.61 bits per heavy atom. The van der Waals surface area contributed by atoms with Crippen LogP contribution in [0.2, 0.25) is 0 Å². The molecule has 0 bridgehead atoms. The lowest BCUT2D eigenvalue weighted by molar-refractivity contribution is -0.126. The van der Waals surface area contributed by atoms with Crippen molar-refractivity contribution in [3.05, 3.63) is 29.8 Å². The van der Waals surface area contributed by atoms with Gasteiger partial charge < -0.3 is 5.32 Å². The van der Waals surface area contributed by atoms with Crippen LogP contribution in [-0.4, -0.2) is 61.8 Å². The Balaban J connectivity index is 1.51. The molecule has 0 aromatic heterocycles. The molecule has 2 saturated heterocycles. The maximum Gasteiger partial charge on any atom is 0.243 e. The molecule has 2 aliphatic heterocycles. The fourth-order valence-corrected chi connectivity index (χ4v) is 6.06. The van der Waals surface area contributed by atoms with Crippen molar-refractivity contribution < 1.29 is 13.2 Å². The summed E-state index contributed by atoms with van der Waals surface area (Å²) in [5, 5.41) is 3.14. The van der Waals surface area contributed by atoms with Crippen molar-refractivity contribution in [3.63, 3.8) is 0 Å². The molecule has 7 heteroatoms. The Hall–Kier alpha value is -1.44. The lowest BCUT2D eigenvalue weighted by atomic mass is 9.95. The van der Waals surface area contributed by atoms with Crippen LogP contribution >= 0.6 is 0 Å². The summed E-state index contributed by atoms with van der Waals surface area (Å²) in [4.78, 5) is 15.6. The number of sulfonamides is 1. The van der Waals surface area contributed by atoms with Gasteiger partial charge in [-0.1, -0.05) is 32.4 Å². The van der Waals surface area contributed by atoms with E-state index in [1.807, 2.05) is 12.1 Å². The lowest BCUT2D eigenvalue weighted by Gasteiger charge is -2.41. The van der Waals surface area contributed by atoms with Gasteiger partial charge in [0.1, 0.15) is 0 Å². The number of hydrogen-bond acceptors (Lipinski definition) is 4. The quantitative estimate of drug-likeness (QED) is 0.691. The molecule has 1 aromatic rings. The van der Waals surface area contributed by atoms with E-state index in [2.05, 4.69) is 37.9 Å². The standard InChI is InChI=1S/C24H39N3O3S/c1-19(2)20-8-10-22(11-9-20)31(29,30)27-16-12-21(13-17-27)23(28)25-18-24(3,4)26-14-6-5-7-15-26/h8-11,19,21H,5-7,12-18H2,1-4H3,(H,25,28). The fraction of sp³-hybridized carbons (Fsp3) is 0.708. The van der Waals surface area contributed by atoms with Crippen molar-refractivity contribution in [1.29, 1.82) is 0 Å². The molecule has 3 rings (SSSR count). The Kier molecular flexibility index (Phi) is 7.81. The first kappa shape index (κ1) is 24.2. The summed E-state index contributed by atoms with van der Waals surface area (Å²) in [7, 11) is -3.51. The van der Waals surface area contributed by atoms with Crippen LogP contribution in [0.15, 0.2) is 29.2 Å². The third-order valence-corrected chi connectivity index (χ3v) is 8.83. The van der Waals surface area contributed by atoms with E-state index in [0.717, 1.165) is 18.7 Å². The van der Waals surface area contributed by atoms with Crippen molar-refractivity contribution in [3.8, 4) is 0 Å². The zero-order valence-corrected chi connectivity index (χ0v) is 20.4. The number of amides is 1. The summed E-state index contributed by atoms with van der Waals surface area (Å²) >= 11 is 0. The van der Waals surface area contributed by atoms with Crippen molar-refractivity contribution >= 4 is 15.9 Å². The normalized spacial score (nSPS) is 20.2.